The van der Waals surface area contributed by atoms with Crippen molar-refractivity contribution < 1.29 is 9.59 Å². The van der Waals surface area contributed by atoms with Crippen LogP contribution in [0.15, 0.2) is 0 Å². The molecule has 17 heavy (non-hydrogen) atoms. The minimum Gasteiger partial charge on any atom is -0.355 e. The number of nitrogens with zero attached hydrogens (tertiary/aromatic N) is 2. The van der Waals surface area contributed by atoms with E-state index in [9.17, 15) is 9.59 Å². The Bertz CT molecular complexity index is 341. The Kier molecular flexibility index (Phi) is 3.12. The summed E-state index contributed by atoms with van der Waals surface area (Å²) in [5.74, 6) is -0.0399. The predicted octanol–water partition coefficient (Wildman–Crippen LogP) is -0.325. The fourth-order valence-corrected chi connectivity index (χ4v) is 2.81. The van der Waals surface area contributed by atoms with E-state index in [4.69, 9.17) is 0 Å². The molecule has 0 aliphatic carbocycles. The molecule has 96 valence electrons. The Hall–Kier alpha value is -1.10. The van der Waals surface area contributed by atoms with E-state index in [-0.39, 0.29) is 23.3 Å². The molecule has 2 fully saturated rings. The van der Waals surface area contributed by atoms with Gasteiger partial charge in [0.05, 0.1) is 5.92 Å². The van der Waals surface area contributed by atoms with E-state index >= 15 is 0 Å². The van der Waals surface area contributed by atoms with E-state index in [2.05, 4.69) is 31.1 Å². The van der Waals surface area contributed by atoms with Crippen LogP contribution in [-0.2, 0) is 9.59 Å². The summed E-state index contributed by atoms with van der Waals surface area (Å²) in [5.41, 5.74) is -0.143. The Balaban J connectivity index is 2.06. The first-order valence-corrected chi connectivity index (χ1v) is 6.17. The van der Waals surface area contributed by atoms with Crippen LogP contribution in [0.5, 0.6) is 0 Å². The first kappa shape index (κ1) is 12.4. The number of hydrogen-bond donors (Lipinski definition) is 1. The third kappa shape index (κ3) is 2.44. The third-order valence-electron chi connectivity index (χ3n) is 3.69. The topological polar surface area (TPSA) is 52.6 Å². The van der Waals surface area contributed by atoms with Gasteiger partial charge in [0.25, 0.3) is 0 Å². The van der Waals surface area contributed by atoms with E-state index in [1.165, 1.54) is 0 Å². The van der Waals surface area contributed by atoms with Crippen molar-refractivity contribution in [3.8, 4) is 0 Å². The fourth-order valence-electron chi connectivity index (χ4n) is 2.81. The smallest absolute Gasteiger partial charge is 0.228 e. The summed E-state index contributed by atoms with van der Waals surface area (Å²) in [5, 5.41) is 2.73. The first-order chi connectivity index (χ1) is 7.90. The molecule has 2 saturated heterocycles. The summed E-state index contributed by atoms with van der Waals surface area (Å²) >= 11 is 0. The van der Waals surface area contributed by atoms with Crippen molar-refractivity contribution in [2.45, 2.75) is 25.8 Å². The van der Waals surface area contributed by atoms with Crippen LogP contribution in [0.4, 0.5) is 0 Å². The SMILES string of the molecule is CN1CCN(C(=O)C2CNC(=O)C2)C(C)(C)C1. The standard InChI is InChI=1S/C12H21N3O2/c1-12(2)8-14(3)4-5-15(12)11(17)9-6-10(16)13-7-9/h9H,4-8H2,1-3H3,(H,13,16). The molecule has 1 unspecified atom stereocenters. The van der Waals surface area contributed by atoms with Crippen molar-refractivity contribution in [2.75, 3.05) is 33.2 Å². The molecule has 0 saturated carbocycles. The summed E-state index contributed by atoms with van der Waals surface area (Å²) in [6.45, 7) is 7.22. The van der Waals surface area contributed by atoms with Gasteiger partial charge in [-0.3, -0.25) is 9.59 Å². The lowest BCUT2D eigenvalue weighted by Crippen LogP contribution is -2.61. The summed E-state index contributed by atoms with van der Waals surface area (Å²) in [4.78, 5) is 27.7. The number of rotatable bonds is 1. The molecule has 2 heterocycles. The van der Waals surface area contributed by atoms with Gasteiger partial charge in [0.15, 0.2) is 0 Å². The van der Waals surface area contributed by atoms with Crippen LogP contribution in [0, 0.1) is 5.92 Å². The zero-order valence-electron chi connectivity index (χ0n) is 10.8. The van der Waals surface area contributed by atoms with Crippen molar-refractivity contribution in [1.82, 2.24) is 15.1 Å². The van der Waals surface area contributed by atoms with Crippen LogP contribution < -0.4 is 5.32 Å². The maximum Gasteiger partial charge on any atom is 0.228 e. The van der Waals surface area contributed by atoms with Crippen molar-refractivity contribution >= 4 is 11.8 Å². The number of likely N-dealkylation sites (N-methyl/N-ethyl adjacent to an activating group) is 1. The number of piperazine rings is 1. The van der Waals surface area contributed by atoms with E-state index in [1.54, 1.807) is 0 Å². The highest BCUT2D eigenvalue weighted by atomic mass is 16.2. The molecule has 0 aromatic heterocycles. The van der Waals surface area contributed by atoms with Gasteiger partial charge >= 0.3 is 0 Å². The molecule has 2 aliphatic heterocycles. The second-order valence-corrected chi connectivity index (χ2v) is 5.75. The maximum atomic E-state index is 12.4. The van der Waals surface area contributed by atoms with Gasteiger partial charge in [0, 0.05) is 38.1 Å². The second-order valence-electron chi connectivity index (χ2n) is 5.75. The van der Waals surface area contributed by atoms with E-state index in [1.807, 2.05) is 4.90 Å². The number of nitrogens with one attached hydrogen (secondary N) is 1. The summed E-state index contributed by atoms with van der Waals surface area (Å²) < 4.78 is 0. The highest BCUT2D eigenvalue weighted by Gasteiger charge is 2.40. The maximum absolute atomic E-state index is 12.4. The van der Waals surface area contributed by atoms with E-state index in [0.717, 1.165) is 19.6 Å². The lowest BCUT2D eigenvalue weighted by atomic mass is 9.96. The Morgan fingerprint density at radius 3 is 2.65 bits per heavy atom. The van der Waals surface area contributed by atoms with Crippen molar-refractivity contribution in [2.24, 2.45) is 5.92 Å². The van der Waals surface area contributed by atoms with Gasteiger partial charge in [-0.05, 0) is 20.9 Å². The zero-order valence-corrected chi connectivity index (χ0v) is 10.8. The van der Waals surface area contributed by atoms with Crippen LogP contribution in [-0.4, -0.2) is 60.4 Å². The second kappa shape index (κ2) is 4.29. The number of carbonyl (C=O) groups excluding carboxylic acids is 2. The molecule has 0 radical (unpaired) electrons. The van der Waals surface area contributed by atoms with Crippen molar-refractivity contribution in [3.63, 3.8) is 0 Å². The highest BCUT2D eigenvalue weighted by molar-refractivity contribution is 5.89. The molecule has 0 aromatic rings. The molecule has 5 heteroatoms. The van der Waals surface area contributed by atoms with Gasteiger partial charge in [-0.1, -0.05) is 0 Å². The normalized spacial score (nSPS) is 29.2. The molecule has 1 atom stereocenters. The fraction of sp³-hybridized carbons (Fsp3) is 0.833. The molecule has 2 amide bonds. The zero-order chi connectivity index (χ0) is 12.6. The summed E-state index contributed by atoms with van der Waals surface area (Å²) in [6.07, 6.45) is 0.348. The quantitative estimate of drug-likeness (QED) is 0.682. The molecule has 1 N–H and O–H groups in total. The number of hydrogen-bond acceptors (Lipinski definition) is 3. The summed E-state index contributed by atoms with van der Waals surface area (Å²) in [7, 11) is 2.07. The predicted molar refractivity (Wildman–Crippen MR) is 64.4 cm³/mol. The van der Waals surface area contributed by atoms with Crippen molar-refractivity contribution in [3.05, 3.63) is 0 Å². The van der Waals surface area contributed by atoms with Gasteiger partial charge < -0.3 is 15.1 Å². The van der Waals surface area contributed by atoms with Crippen LogP contribution in [0.25, 0.3) is 0 Å². The monoisotopic (exact) mass is 239 g/mol. The van der Waals surface area contributed by atoms with Crippen LogP contribution in [0.1, 0.15) is 20.3 Å². The lowest BCUT2D eigenvalue weighted by Gasteiger charge is -2.46. The van der Waals surface area contributed by atoms with E-state index in [0.29, 0.717) is 13.0 Å². The molecular formula is C12H21N3O2. The lowest BCUT2D eigenvalue weighted by molar-refractivity contribution is -0.144. The Morgan fingerprint density at radius 1 is 1.41 bits per heavy atom. The average molecular weight is 239 g/mol. The average Bonchev–Trinajstić information content (AvgIpc) is 2.62. The van der Waals surface area contributed by atoms with Crippen molar-refractivity contribution in [1.29, 1.82) is 0 Å². The van der Waals surface area contributed by atoms with Gasteiger partial charge in [-0.2, -0.15) is 0 Å². The molecule has 5 nitrogen and oxygen atoms in total. The minimum absolute atomic E-state index is 0.00437. The van der Waals surface area contributed by atoms with E-state index < -0.39 is 0 Å². The Morgan fingerprint density at radius 2 is 2.12 bits per heavy atom. The molecule has 2 rings (SSSR count). The summed E-state index contributed by atoms with van der Waals surface area (Å²) in [6, 6.07) is 0. The molecule has 0 aromatic carbocycles. The van der Waals surface area contributed by atoms with Crippen LogP contribution >= 0.6 is 0 Å². The van der Waals surface area contributed by atoms with Crippen LogP contribution in [0.3, 0.4) is 0 Å². The highest BCUT2D eigenvalue weighted by Crippen LogP contribution is 2.24. The Labute approximate surface area is 102 Å². The first-order valence-electron chi connectivity index (χ1n) is 6.17. The van der Waals surface area contributed by atoms with Gasteiger partial charge in [0.2, 0.25) is 11.8 Å². The number of carbonyl (C=O) groups is 2. The molecule has 2 aliphatic rings. The molecule has 0 bridgehead atoms. The molecular weight excluding hydrogens is 218 g/mol. The minimum atomic E-state index is -0.162. The number of amides is 2. The van der Waals surface area contributed by atoms with Gasteiger partial charge in [-0.15, -0.1) is 0 Å². The third-order valence-corrected chi connectivity index (χ3v) is 3.69. The van der Waals surface area contributed by atoms with Gasteiger partial charge in [0.1, 0.15) is 0 Å². The van der Waals surface area contributed by atoms with Gasteiger partial charge in [-0.25, -0.2) is 0 Å². The molecule has 0 spiro atoms. The largest absolute Gasteiger partial charge is 0.355 e. The van der Waals surface area contributed by atoms with Crippen LogP contribution in [0.2, 0.25) is 0 Å².